The van der Waals surface area contributed by atoms with Gasteiger partial charge in [-0.3, -0.25) is 18.6 Å². The van der Waals surface area contributed by atoms with Crippen molar-refractivity contribution in [2.24, 2.45) is 0 Å². The van der Waals surface area contributed by atoms with Crippen LogP contribution in [0.25, 0.3) is 0 Å². The summed E-state index contributed by atoms with van der Waals surface area (Å²) in [5, 5.41) is 3.08. The van der Waals surface area contributed by atoms with Crippen molar-refractivity contribution < 1.29 is 37.3 Å². The third-order valence-electron chi connectivity index (χ3n) is 17.2. The van der Waals surface area contributed by atoms with Crippen LogP contribution in [0.4, 0.5) is 0 Å². The van der Waals surface area contributed by atoms with Crippen LogP contribution in [0.2, 0.25) is 0 Å². The lowest BCUT2D eigenvalue weighted by Gasteiger charge is -2.27. The molecule has 2 N–H and O–H groups in total. The maximum Gasteiger partial charge on any atom is 0.472 e. The zero-order valence-corrected chi connectivity index (χ0v) is 62.6. The van der Waals surface area contributed by atoms with E-state index in [0.29, 0.717) is 17.4 Å². The quantitative estimate of drug-likeness (QED) is 0.0205. The minimum absolute atomic E-state index is 0.0357. The van der Waals surface area contributed by atoms with Crippen molar-refractivity contribution in [3.05, 3.63) is 109 Å². The average molecular weight is 1320 g/mol. The number of quaternary nitrogens is 1. The highest BCUT2D eigenvalue weighted by atomic mass is 31.2. The maximum atomic E-state index is 13.7. The molecule has 93 heavy (non-hydrogen) atoms. The second-order valence-corrected chi connectivity index (χ2v) is 29.0. The third kappa shape index (κ3) is 72.8. The Morgan fingerprint density at radius 2 is 0.688 bits per heavy atom. The van der Waals surface area contributed by atoms with E-state index in [0.717, 1.165) is 116 Å². The number of amides is 1. The van der Waals surface area contributed by atoms with Crippen molar-refractivity contribution in [3.63, 3.8) is 0 Å². The Labute approximate surface area is 576 Å². The van der Waals surface area contributed by atoms with Gasteiger partial charge in [0.05, 0.1) is 33.8 Å². The number of phosphoric ester groups is 1. The monoisotopic (exact) mass is 1320 g/mol. The molecule has 0 heterocycles. The topological polar surface area (TPSA) is 111 Å². The normalized spacial score (nSPS) is 14.0. The zero-order valence-electron chi connectivity index (χ0n) is 61.7. The lowest BCUT2D eigenvalue weighted by atomic mass is 10.0. The molecule has 538 valence electrons. The Bertz CT molecular complexity index is 1960. The molecule has 3 unspecified atom stereocenters. The Morgan fingerprint density at radius 3 is 1.05 bits per heavy atom. The van der Waals surface area contributed by atoms with Crippen LogP contribution < -0.4 is 5.32 Å². The van der Waals surface area contributed by atoms with Crippen molar-refractivity contribution in [2.75, 3.05) is 40.9 Å². The predicted molar refractivity (Wildman–Crippen MR) is 406 cm³/mol. The summed E-state index contributed by atoms with van der Waals surface area (Å²) in [5.74, 6) is -0.506. The van der Waals surface area contributed by atoms with E-state index in [4.69, 9.17) is 13.8 Å². The molecule has 0 saturated heterocycles. The lowest BCUT2D eigenvalue weighted by molar-refractivity contribution is -0.870. The largest absolute Gasteiger partial charge is 0.472 e. The van der Waals surface area contributed by atoms with E-state index in [1.807, 2.05) is 33.3 Å². The van der Waals surface area contributed by atoms with Gasteiger partial charge in [0.15, 0.2) is 0 Å². The van der Waals surface area contributed by atoms with Crippen LogP contribution in [0.5, 0.6) is 0 Å². The molecule has 1 amide bonds. The van der Waals surface area contributed by atoms with Gasteiger partial charge in [0, 0.05) is 12.8 Å². The molecule has 10 heteroatoms. The fourth-order valence-electron chi connectivity index (χ4n) is 11.2. The van der Waals surface area contributed by atoms with E-state index >= 15 is 0 Å². The summed E-state index contributed by atoms with van der Waals surface area (Å²) in [5.41, 5.74) is 0. The molecule has 0 aliphatic rings. The van der Waals surface area contributed by atoms with Crippen LogP contribution in [0.3, 0.4) is 0 Å². The molecule has 0 bridgehead atoms. The number of likely N-dealkylation sites (N-methyl/N-ethyl adjacent to an activating group) is 1. The Kier molecular flexibility index (Phi) is 68.9. The molecule has 0 rings (SSSR count). The second-order valence-electron chi connectivity index (χ2n) is 27.5. The van der Waals surface area contributed by atoms with Gasteiger partial charge in [-0.15, -0.1) is 0 Å². The smallest absolute Gasteiger partial charge is 0.456 e. The summed E-state index contributed by atoms with van der Waals surface area (Å²) in [6.07, 6.45) is 99.7. The summed E-state index contributed by atoms with van der Waals surface area (Å²) >= 11 is 0. The van der Waals surface area contributed by atoms with Gasteiger partial charge in [-0.05, 0) is 115 Å². The number of rotatable bonds is 71. The second kappa shape index (κ2) is 71.4. The minimum Gasteiger partial charge on any atom is -0.456 e. The van der Waals surface area contributed by atoms with E-state index in [9.17, 15) is 19.0 Å². The molecule has 0 aliphatic heterocycles. The SMILES string of the molecule is CC/C=C\C/C=C\C/C=C\C/C=C\C/C=C\C/C=C\CCCCCCCCCCC(=O)OC(/C=C/CCCCCCCCCCCCC)C(COP(=O)(O)OCC[N+](C)(C)C)NC(=O)CCCCCCCCCCCCCCCCCCC/C=C\C/C=C\CCCCC. The Morgan fingerprint density at radius 1 is 0.387 bits per heavy atom. The Hall–Kier alpha value is -3.33. The van der Waals surface area contributed by atoms with E-state index in [1.165, 1.54) is 205 Å². The number of carbonyl (C=O) groups excluding carboxylic acids is 2. The van der Waals surface area contributed by atoms with Gasteiger partial charge >= 0.3 is 13.8 Å². The van der Waals surface area contributed by atoms with E-state index in [-0.39, 0.29) is 31.5 Å². The molecule has 0 aliphatic carbocycles. The number of allylic oxidation sites excluding steroid dienone is 17. The highest BCUT2D eigenvalue weighted by Gasteiger charge is 2.30. The molecule has 3 atom stereocenters. The summed E-state index contributed by atoms with van der Waals surface area (Å²) in [4.78, 5) is 38.1. The summed E-state index contributed by atoms with van der Waals surface area (Å²) in [6.45, 7) is 6.91. The number of nitrogens with zero attached hydrogens (tertiary/aromatic N) is 1. The molecule has 0 spiro atoms. The van der Waals surface area contributed by atoms with Crippen molar-refractivity contribution >= 4 is 19.7 Å². The molecule has 0 aromatic rings. The van der Waals surface area contributed by atoms with Gasteiger partial charge in [0.1, 0.15) is 19.3 Å². The Balaban J connectivity index is 5.00. The highest BCUT2D eigenvalue weighted by molar-refractivity contribution is 7.47. The van der Waals surface area contributed by atoms with Crippen molar-refractivity contribution in [2.45, 2.75) is 367 Å². The van der Waals surface area contributed by atoms with Crippen LogP contribution in [0.15, 0.2) is 109 Å². The van der Waals surface area contributed by atoms with Gasteiger partial charge in [-0.25, -0.2) is 4.57 Å². The number of unbranched alkanes of at least 4 members (excludes halogenated alkanes) is 39. The van der Waals surface area contributed by atoms with Crippen LogP contribution >= 0.6 is 7.82 Å². The number of carbonyl (C=O) groups is 2. The lowest BCUT2D eigenvalue weighted by Crippen LogP contribution is -2.47. The number of esters is 1. The van der Waals surface area contributed by atoms with Gasteiger partial charge in [-0.2, -0.15) is 0 Å². The van der Waals surface area contributed by atoms with Crippen LogP contribution in [0.1, 0.15) is 355 Å². The number of ether oxygens (including phenoxy) is 1. The molecular weight excluding hydrogens is 1170 g/mol. The highest BCUT2D eigenvalue weighted by Crippen LogP contribution is 2.43. The minimum atomic E-state index is -4.47. The number of hydrogen-bond acceptors (Lipinski definition) is 6. The van der Waals surface area contributed by atoms with Gasteiger partial charge in [-0.1, -0.05) is 336 Å². The first kappa shape index (κ1) is 89.7. The molecular formula is C83H150N2O7P+. The van der Waals surface area contributed by atoms with Crippen molar-refractivity contribution in [1.29, 1.82) is 0 Å². The fraction of sp³-hybridized carbons (Fsp3) is 0.759. The van der Waals surface area contributed by atoms with Crippen LogP contribution in [0, 0.1) is 0 Å². The predicted octanol–water partition coefficient (Wildman–Crippen LogP) is 25.6. The molecule has 0 saturated carbocycles. The van der Waals surface area contributed by atoms with Gasteiger partial charge in [0.25, 0.3) is 0 Å². The number of phosphoric acid groups is 1. The number of hydrogen-bond donors (Lipinski definition) is 2. The van der Waals surface area contributed by atoms with Gasteiger partial charge < -0.3 is 19.4 Å². The standard InChI is InChI=1S/C83H149N2O7P/c1-7-10-13-16-19-22-25-28-30-32-34-36-38-40-42-44-46-48-50-52-54-57-60-63-66-69-72-75-82(86)84-80(79-91-93(88,89)90-78-77-85(4,5)6)81(74-71-68-65-62-59-56-27-24-21-18-15-12-9-3)92-83(87)76-73-70-67-64-61-58-55-53-51-49-47-45-43-41-39-37-35-33-31-29-26-23-20-17-14-11-8-2/h11,14,19-20,22-23,28-31,35,37,41,43,47,49,71,74,80-81H,7-10,12-13,15-18,21,24-27,32-34,36,38-40,42,44-46,48,50-70,72-73,75-79H2,1-6H3,(H-,84,86,88,89)/p+1/b14-11-,22-19-,23-20-,30-28-,31-29-,37-35-,43-41-,49-47-,74-71+. The summed E-state index contributed by atoms with van der Waals surface area (Å²) < 4.78 is 30.9. The van der Waals surface area contributed by atoms with Crippen molar-refractivity contribution in [3.8, 4) is 0 Å². The van der Waals surface area contributed by atoms with E-state index in [1.54, 1.807) is 0 Å². The summed E-state index contributed by atoms with van der Waals surface area (Å²) in [6, 6.07) is -0.859. The first-order valence-electron chi connectivity index (χ1n) is 39.2. The van der Waals surface area contributed by atoms with Crippen LogP contribution in [-0.4, -0.2) is 74.3 Å². The van der Waals surface area contributed by atoms with E-state index < -0.39 is 20.0 Å². The van der Waals surface area contributed by atoms with E-state index in [2.05, 4.69) is 123 Å². The molecule has 9 nitrogen and oxygen atoms in total. The van der Waals surface area contributed by atoms with Crippen LogP contribution in [-0.2, 0) is 27.9 Å². The first-order valence-corrected chi connectivity index (χ1v) is 40.7. The third-order valence-corrected chi connectivity index (χ3v) is 18.2. The molecule has 0 aromatic heterocycles. The molecule has 0 fully saturated rings. The first-order chi connectivity index (χ1) is 45.4. The zero-order chi connectivity index (χ0) is 67.8. The van der Waals surface area contributed by atoms with Crippen molar-refractivity contribution in [1.82, 2.24) is 5.32 Å². The average Bonchev–Trinajstić information content (AvgIpc) is 2.15. The maximum absolute atomic E-state index is 13.7. The molecule has 0 aromatic carbocycles. The summed E-state index contributed by atoms with van der Waals surface area (Å²) in [7, 11) is 1.49. The van der Waals surface area contributed by atoms with Gasteiger partial charge in [0.2, 0.25) is 5.91 Å². The number of nitrogens with one attached hydrogen (secondary N) is 1. The molecule has 0 radical (unpaired) electrons. The fourth-order valence-corrected chi connectivity index (χ4v) is 11.9.